The summed E-state index contributed by atoms with van der Waals surface area (Å²) >= 11 is 0. The average molecular weight is 431 g/mol. The van der Waals surface area contributed by atoms with E-state index >= 15 is 0 Å². The summed E-state index contributed by atoms with van der Waals surface area (Å²) in [6.45, 7) is 14.4. The van der Waals surface area contributed by atoms with Crippen LogP contribution < -0.4 is 0 Å². The van der Waals surface area contributed by atoms with Crippen molar-refractivity contribution < 1.29 is 19.4 Å². The molecule has 5 aliphatic rings. The van der Waals surface area contributed by atoms with E-state index < -0.39 is 6.29 Å². The molecule has 0 amide bonds. The minimum atomic E-state index is -0.794. The molecule has 31 heavy (non-hydrogen) atoms. The van der Waals surface area contributed by atoms with Crippen LogP contribution in [0.15, 0.2) is 11.6 Å². The second kappa shape index (κ2) is 6.82. The van der Waals surface area contributed by atoms with Crippen molar-refractivity contribution in [1.82, 2.24) is 0 Å². The molecule has 4 nitrogen and oxygen atoms in total. The third-order valence-electron chi connectivity index (χ3n) is 11.2. The molecule has 0 aromatic carbocycles. The zero-order chi connectivity index (χ0) is 22.4. The van der Waals surface area contributed by atoms with Gasteiger partial charge in [0.15, 0.2) is 6.29 Å². The van der Waals surface area contributed by atoms with Gasteiger partial charge in [0.05, 0.1) is 6.61 Å². The largest absolute Gasteiger partial charge is 0.462 e. The quantitative estimate of drug-likeness (QED) is 0.442. The van der Waals surface area contributed by atoms with Crippen LogP contribution in [0.3, 0.4) is 0 Å². The maximum atomic E-state index is 12.3. The standard InChI is InChI=1S/C27H42O4/c1-16(28)31-21-14-20-25(4)12-7-11-24(2,3)18(25)10-13-26(20,5)19-9-8-17-15-30-23(29)22(17)27(19,21)6/h8,18-23,29H,7,9-15H2,1-6H3/t18?,19?,20?,21-,22?,23+,25-,26-,27+/m0/s1. The topological polar surface area (TPSA) is 55.8 Å². The second-order valence-corrected chi connectivity index (χ2v) is 12.9. The second-order valence-electron chi connectivity index (χ2n) is 12.9. The highest BCUT2D eigenvalue weighted by Gasteiger charge is 2.70. The number of ether oxygens (including phenoxy) is 2. The Balaban J connectivity index is 1.62. The van der Waals surface area contributed by atoms with Gasteiger partial charge in [0.1, 0.15) is 6.10 Å². The number of esters is 1. The van der Waals surface area contributed by atoms with Crippen molar-refractivity contribution in [2.75, 3.05) is 6.61 Å². The molecule has 174 valence electrons. The Labute approximate surface area is 188 Å². The fourth-order valence-corrected chi connectivity index (χ4v) is 10.1. The summed E-state index contributed by atoms with van der Waals surface area (Å²) in [6.07, 6.45) is 9.75. The first-order valence-electron chi connectivity index (χ1n) is 12.6. The Morgan fingerprint density at radius 1 is 1.06 bits per heavy atom. The fraction of sp³-hybridized carbons (Fsp3) is 0.889. The molecule has 0 bridgehead atoms. The highest BCUT2D eigenvalue weighted by molar-refractivity contribution is 5.66. The van der Waals surface area contributed by atoms with E-state index in [0.29, 0.717) is 23.9 Å². The van der Waals surface area contributed by atoms with Crippen LogP contribution in [-0.2, 0) is 14.3 Å². The molecule has 1 heterocycles. The summed E-state index contributed by atoms with van der Waals surface area (Å²) in [5.74, 6) is 1.39. The van der Waals surface area contributed by atoms with Crippen molar-refractivity contribution in [2.24, 2.45) is 45.3 Å². The van der Waals surface area contributed by atoms with Gasteiger partial charge in [-0.05, 0) is 78.1 Å². The molecule has 1 N–H and O–H groups in total. The lowest BCUT2D eigenvalue weighted by Gasteiger charge is -2.70. The van der Waals surface area contributed by atoms with Gasteiger partial charge in [-0.2, -0.15) is 0 Å². The third kappa shape index (κ3) is 2.82. The summed E-state index contributed by atoms with van der Waals surface area (Å²) in [5, 5.41) is 10.9. The number of fused-ring (bicyclic) bond motifs is 7. The predicted octanol–water partition coefficient (Wildman–Crippen LogP) is 5.49. The van der Waals surface area contributed by atoms with E-state index in [-0.39, 0.29) is 34.2 Å². The van der Waals surface area contributed by atoms with Crippen LogP contribution in [0.5, 0.6) is 0 Å². The molecule has 4 unspecified atom stereocenters. The third-order valence-corrected chi connectivity index (χ3v) is 11.2. The molecule has 1 aliphatic heterocycles. The fourth-order valence-electron chi connectivity index (χ4n) is 10.1. The summed E-state index contributed by atoms with van der Waals surface area (Å²) in [4.78, 5) is 12.3. The Morgan fingerprint density at radius 3 is 2.48 bits per heavy atom. The molecule has 0 aromatic rings. The number of aliphatic hydroxyl groups excluding tert-OH is 1. The molecule has 9 atom stereocenters. The lowest BCUT2D eigenvalue weighted by atomic mass is 9.34. The molecule has 3 saturated carbocycles. The number of carbonyl (C=O) groups is 1. The van der Waals surface area contributed by atoms with Gasteiger partial charge in [-0.15, -0.1) is 0 Å². The molecular formula is C27H42O4. The zero-order valence-electron chi connectivity index (χ0n) is 20.4. The predicted molar refractivity (Wildman–Crippen MR) is 120 cm³/mol. The van der Waals surface area contributed by atoms with Crippen LogP contribution >= 0.6 is 0 Å². The van der Waals surface area contributed by atoms with E-state index in [2.05, 4.69) is 40.7 Å². The summed E-state index contributed by atoms with van der Waals surface area (Å²) in [5.41, 5.74) is 1.77. The van der Waals surface area contributed by atoms with Crippen molar-refractivity contribution in [2.45, 2.75) is 98.9 Å². The highest BCUT2D eigenvalue weighted by Crippen LogP contribution is 2.73. The van der Waals surface area contributed by atoms with Gasteiger partial charge in [0.2, 0.25) is 0 Å². The first-order valence-corrected chi connectivity index (χ1v) is 12.6. The highest BCUT2D eigenvalue weighted by atomic mass is 16.6. The van der Waals surface area contributed by atoms with Crippen LogP contribution in [0.4, 0.5) is 0 Å². The number of hydrogen-bond acceptors (Lipinski definition) is 4. The van der Waals surface area contributed by atoms with Gasteiger partial charge in [-0.25, -0.2) is 0 Å². The SMILES string of the molecule is CC(=O)O[C@H]1CC2[C@@]3(C)CCCC(C)(C)C3CC[C@@]2(C)C2CC=C3CO[C@@H](O)C3[C@]21C. The molecule has 4 aliphatic carbocycles. The van der Waals surface area contributed by atoms with Crippen LogP contribution in [0, 0.1) is 45.3 Å². The van der Waals surface area contributed by atoms with Crippen LogP contribution in [-0.4, -0.2) is 30.1 Å². The maximum absolute atomic E-state index is 12.3. The molecule has 5 rings (SSSR count). The lowest BCUT2D eigenvalue weighted by Crippen LogP contribution is -2.67. The van der Waals surface area contributed by atoms with E-state index in [1.807, 2.05) is 0 Å². The monoisotopic (exact) mass is 430 g/mol. The van der Waals surface area contributed by atoms with Crippen LogP contribution in [0.2, 0.25) is 0 Å². The normalized spacial score (nSPS) is 52.8. The number of allylic oxidation sites excluding steroid dienone is 1. The van der Waals surface area contributed by atoms with Crippen LogP contribution in [0.1, 0.15) is 86.5 Å². The summed E-state index contributed by atoms with van der Waals surface area (Å²) in [7, 11) is 0. The lowest BCUT2D eigenvalue weighted by molar-refractivity contribution is -0.253. The van der Waals surface area contributed by atoms with Gasteiger partial charge < -0.3 is 14.6 Å². The molecule has 0 radical (unpaired) electrons. The molecule has 1 saturated heterocycles. The van der Waals surface area contributed by atoms with Gasteiger partial charge in [0, 0.05) is 18.3 Å². The molecule has 4 heteroatoms. The molecule has 4 fully saturated rings. The molecular weight excluding hydrogens is 388 g/mol. The summed E-state index contributed by atoms with van der Waals surface area (Å²) in [6, 6.07) is 0. The van der Waals surface area contributed by atoms with Crippen molar-refractivity contribution in [1.29, 1.82) is 0 Å². The number of aliphatic hydroxyl groups is 1. The molecule has 0 aromatic heterocycles. The van der Waals surface area contributed by atoms with Crippen molar-refractivity contribution in [3.05, 3.63) is 11.6 Å². The first-order chi connectivity index (χ1) is 14.4. The molecule has 0 spiro atoms. The number of carbonyl (C=O) groups excluding carboxylic acids is 1. The van der Waals surface area contributed by atoms with E-state index in [0.717, 1.165) is 18.8 Å². The minimum Gasteiger partial charge on any atom is -0.462 e. The Kier molecular flexibility index (Phi) is 4.83. The first kappa shape index (κ1) is 21.9. The van der Waals surface area contributed by atoms with E-state index in [1.165, 1.54) is 37.7 Å². The van der Waals surface area contributed by atoms with Crippen molar-refractivity contribution >= 4 is 5.97 Å². The zero-order valence-corrected chi connectivity index (χ0v) is 20.4. The number of hydrogen-bond donors (Lipinski definition) is 1. The number of rotatable bonds is 1. The Bertz CT molecular complexity index is 801. The average Bonchev–Trinajstić information content (AvgIpc) is 3.04. The van der Waals surface area contributed by atoms with E-state index in [9.17, 15) is 9.90 Å². The Hall–Kier alpha value is -0.870. The summed E-state index contributed by atoms with van der Waals surface area (Å²) < 4.78 is 11.9. The van der Waals surface area contributed by atoms with E-state index in [1.54, 1.807) is 6.92 Å². The minimum absolute atomic E-state index is 0.0679. The van der Waals surface area contributed by atoms with Crippen LogP contribution in [0.25, 0.3) is 0 Å². The van der Waals surface area contributed by atoms with E-state index in [4.69, 9.17) is 9.47 Å². The van der Waals surface area contributed by atoms with Crippen molar-refractivity contribution in [3.8, 4) is 0 Å². The van der Waals surface area contributed by atoms with Gasteiger partial charge in [-0.1, -0.05) is 47.1 Å². The smallest absolute Gasteiger partial charge is 0.302 e. The van der Waals surface area contributed by atoms with Gasteiger partial charge in [0.25, 0.3) is 0 Å². The van der Waals surface area contributed by atoms with Gasteiger partial charge in [-0.3, -0.25) is 4.79 Å². The van der Waals surface area contributed by atoms with Crippen molar-refractivity contribution in [3.63, 3.8) is 0 Å². The maximum Gasteiger partial charge on any atom is 0.302 e. The van der Waals surface area contributed by atoms with Gasteiger partial charge >= 0.3 is 5.97 Å². The Morgan fingerprint density at radius 2 is 1.77 bits per heavy atom.